The molecule has 0 unspecified atom stereocenters. The Kier molecular flexibility index (Phi) is 3.98. The van der Waals surface area contributed by atoms with Gasteiger partial charge in [-0.05, 0) is 47.9 Å². The molecule has 0 bridgehead atoms. The number of ketones is 1. The van der Waals surface area contributed by atoms with Crippen molar-refractivity contribution < 1.29 is 14.4 Å². The molecule has 2 aromatic heterocycles. The molecular formula is C13H13BrN4O3. The van der Waals surface area contributed by atoms with Crippen LogP contribution in [-0.2, 0) is 0 Å². The number of pyridine rings is 1. The van der Waals surface area contributed by atoms with Gasteiger partial charge in [0.25, 0.3) is 5.89 Å². The molecule has 0 aromatic carbocycles. The summed E-state index contributed by atoms with van der Waals surface area (Å²) in [6, 6.07) is 1.48. The predicted octanol–water partition coefficient (Wildman–Crippen LogP) is 1.88. The lowest BCUT2D eigenvalue weighted by molar-refractivity contribution is 0.0902. The fourth-order valence-corrected chi connectivity index (χ4v) is 2.56. The van der Waals surface area contributed by atoms with Crippen LogP contribution in [0.25, 0.3) is 11.5 Å². The van der Waals surface area contributed by atoms with Crippen LogP contribution in [0.4, 0.5) is 0 Å². The summed E-state index contributed by atoms with van der Waals surface area (Å²) in [6.45, 7) is 2.12. The fourth-order valence-electron chi connectivity index (χ4n) is 2.25. The molecule has 1 aliphatic heterocycles. The number of rotatable bonds is 4. The van der Waals surface area contributed by atoms with E-state index in [1.165, 1.54) is 12.3 Å². The van der Waals surface area contributed by atoms with E-state index in [1.54, 1.807) is 0 Å². The van der Waals surface area contributed by atoms with Crippen molar-refractivity contribution in [3.63, 3.8) is 0 Å². The second kappa shape index (κ2) is 5.90. The number of hydrogen-bond donors (Lipinski definition) is 1. The fraction of sp³-hybridized carbons (Fsp3) is 0.385. The van der Waals surface area contributed by atoms with Gasteiger partial charge in [-0.3, -0.25) is 9.69 Å². The molecule has 3 rings (SSSR count). The summed E-state index contributed by atoms with van der Waals surface area (Å²) in [5.74, 6) is -0.248. The molecule has 2 aromatic rings. The minimum absolute atomic E-state index is 0.0546. The van der Waals surface area contributed by atoms with Gasteiger partial charge in [-0.15, -0.1) is 0 Å². The first-order valence-corrected chi connectivity index (χ1v) is 7.37. The maximum Gasteiger partial charge on any atom is 0.295 e. The molecule has 1 fully saturated rings. The van der Waals surface area contributed by atoms with E-state index in [4.69, 9.17) is 4.52 Å². The first-order valence-electron chi connectivity index (χ1n) is 6.57. The quantitative estimate of drug-likeness (QED) is 0.839. The van der Waals surface area contributed by atoms with Crippen LogP contribution in [-0.4, -0.2) is 50.5 Å². The summed E-state index contributed by atoms with van der Waals surface area (Å²) >= 11 is 3.20. The lowest BCUT2D eigenvalue weighted by atomic mass is 10.3. The summed E-state index contributed by atoms with van der Waals surface area (Å²) in [5.41, 5.74) is 0.183. The summed E-state index contributed by atoms with van der Waals surface area (Å²) < 4.78 is 5.61. The summed E-state index contributed by atoms with van der Waals surface area (Å²) in [4.78, 5) is 22.2. The molecule has 0 radical (unpaired) electrons. The lowest BCUT2D eigenvalue weighted by Crippen LogP contribution is -2.27. The van der Waals surface area contributed by atoms with E-state index in [-0.39, 0.29) is 35.5 Å². The Hall–Kier alpha value is -1.80. The SMILES string of the molecule is O=C(CN1CCCC1)c1nc(-c2ncc(Br)cc2O)no1. The molecule has 1 aliphatic rings. The third-order valence-corrected chi connectivity index (χ3v) is 3.71. The zero-order valence-electron chi connectivity index (χ0n) is 11.1. The van der Waals surface area contributed by atoms with Gasteiger partial charge >= 0.3 is 0 Å². The third kappa shape index (κ3) is 3.11. The molecule has 0 spiro atoms. The van der Waals surface area contributed by atoms with Gasteiger partial charge in [0.05, 0.1) is 6.54 Å². The van der Waals surface area contributed by atoms with Crippen molar-refractivity contribution >= 4 is 21.7 Å². The molecule has 7 nitrogen and oxygen atoms in total. The minimum Gasteiger partial charge on any atom is -0.505 e. The average molecular weight is 353 g/mol. The van der Waals surface area contributed by atoms with Gasteiger partial charge in [0.1, 0.15) is 5.75 Å². The monoisotopic (exact) mass is 352 g/mol. The van der Waals surface area contributed by atoms with Gasteiger partial charge in [-0.2, -0.15) is 4.98 Å². The molecule has 0 saturated carbocycles. The van der Waals surface area contributed by atoms with Gasteiger partial charge in [0, 0.05) is 10.7 Å². The maximum atomic E-state index is 12.1. The number of hydrogen-bond acceptors (Lipinski definition) is 7. The van der Waals surface area contributed by atoms with Gasteiger partial charge < -0.3 is 9.63 Å². The number of nitrogens with zero attached hydrogens (tertiary/aromatic N) is 4. The molecule has 1 saturated heterocycles. The second-order valence-electron chi connectivity index (χ2n) is 4.85. The van der Waals surface area contributed by atoms with Gasteiger partial charge in [0.15, 0.2) is 5.69 Å². The number of carbonyl (C=O) groups excluding carboxylic acids is 1. The van der Waals surface area contributed by atoms with Crippen LogP contribution < -0.4 is 0 Å². The van der Waals surface area contributed by atoms with Crippen molar-refractivity contribution in [1.29, 1.82) is 0 Å². The van der Waals surface area contributed by atoms with Crippen LogP contribution >= 0.6 is 15.9 Å². The molecule has 3 heterocycles. The third-order valence-electron chi connectivity index (χ3n) is 3.28. The van der Waals surface area contributed by atoms with Gasteiger partial charge in [-0.25, -0.2) is 4.98 Å². The van der Waals surface area contributed by atoms with Crippen molar-refractivity contribution in [2.45, 2.75) is 12.8 Å². The molecule has 0 amide bonds. The van der Waals surface area contributed by atoms with Gasteiger partial charge in [-0.1, -0.05) is 5.16 Å². The van der Waals surface area contributed by atoms with Crippen LogP contribution in [0.3, 0.4) is 0 Å². The van der Waals surface area contributed by atoms with Crippen molar-refractivity contribution in [2.24, 2.45) is 0 Å². The normalized spacial score (nSPS) is 15.5. The van der Waals surface area contributed by atoms with E-state index in [2.05, 4.69) is 36.0 Å². The van der Waals surface area contributed by atoms with Crippen molar-refractivity contribution in [2.75, 3.05) is 19.6 Å². The zero-order valence-corrected chi connectivity index (χ0v) is 12.7. The Morgan fingerprint density at radius 1 is 1.43 bits per heavy atom. The van der Waals surface area contributed by atoms with Crippen molar-refractivity contribution in [1.82, 2.24) is 20.0 Å². The standard InChI is InChI=1S/C13H13BrN4O3/c14-8-5-9(19)11(15-6-8)12-16-13(21-17-12)10(20)7-18-3-1-2-4-18/h5-6,19H,1-4,7H2. The van der Waals surface area contributed by atoms with Crippen LogP contribution in [0.1, 0.15) is 23.5 Å². The topological polar surface area (TPSA) is 92.4 Å². The highest BCUT2D eigenvalue weighted by Crippen LogP contribution is 2.27. The highest BCUT2D eigenvalue weighted by molar-refractivity contribution is 9.10. The van der Waals surface area contributed by atoms with E-state index < -0.39 is 0 Å². The average Bonchev–Trinajstić information content (AvgIpc) is 3.09. The Bertz CT molecular complexity index is 667. The first kappa shape index (κ1) is 14.2. The number of Topliss-reactive ketones (excluding diaryl/α,β-unsaturated/α-hetero) is 1. The maximum absolute atomic E-state index is 12.1. The number of aromatic nitrogens is 3. The largest absolute Gasteiger partial charge is 0.505 e. The van der Waals surface area contributed by atoms with E-state index in [1.807, 2.05) is 0 Å². The highest BCUT2D eigenvalue weighted by Gasteiger charge is 2.22. The van der Waals surface area contributed by atoms with Crippen molar-refractivity contribution in [3.05, 3.63) is 22.6 Å². The second-order valence-corrected chi connectivity index (χ2v) is 5.77. The Balaban J connectivity index is 1.77. The minimum atomic E-state index is -0.216. The van der Waals surface area contributed by atoms with Crippen LogP contribution in [0.5, 0.6) is 5.75 Å². The lowest BCUT2D eigenvalue weighted by Gasteiger charge is -2.10. The molecule has 0 atom stereocenters. The van der Waals surface area contributed by atoms with Crippen molar-refractivity contribution in [3.8, 4) is 17.3 Å². The smallest absolute Gasteiger partial charge is 0.295 e. The highest BCUT2D eigenvalue weighted by atomic mass is 79.9. The Morgan fingerprint density at radius 2 is 2.19 bits per heavy atom. The molecule has 21 heavy (non-hydrogen) atoms. The Morgan fingerprint density at radius 3 is 2.90 bits per heavy atom. The molecule has 110 valence electrons. The summed E-state index contributed by atoms with van der Waals surface area (Å²) in [7, 11) is 0. The first-order chi connectivity index (χ1) is 10.1. The Labute approximate surface area is 129 Å². The van der Waals surface area contributed by atoms with E-state index in [0.29, 0.717) is 4.47 Å². The number of halogens is 1. The zero-order chi connectivity index (χ0) is 14.8. The van der Waals surface area contributed by atoms with E-state index in [0.717, 1.165) is 25.9 Å². The van der Waals surface area contributed by atoms with Crippen LogP contribution in [0, 0.1) is 0 Å². The van der Waals surface area contributed by atoms with E-state index >= 15 is 0 Å². The number of aromatic hydroxyl groups is 1. The van der Waals surface area contributed by atoms with Gasteiger partial charge in [0.2, 0.25) is 11.6 Å². The summed E-state index contributed by atoms with van der Waals surface area (Å²) in [5, 5.41) is 13.5. The molecular weight excluding hydrogens is 340 g/mol. The molecule has 0 aliphatic carbocycles. The van der Waals surface area contributed by atoms with Crippen LogP contribution in [0.15, 0.2) is 21.3 Å². The predicted molar refractivity (Wildman–Crippen MR) is 76.9 cm³/mol. The molecule has 1 N–H and O–H groups in total. The van der Waals surface area contributed by atoms with Crippen LogP contribution in [0.2, 0.25) is 0 Å². The molecule has 8 heteroatoms. The summed E-state index contributed by atoms with van der Waals surface area (Å²) in [6.07, 6.45) is 3.73. The number of likely N-dealkylation sites (tertiary alicyclic amines) is 1. The number of carbonyl (C=O) groups is 1. The van der Waals surface area contributed by atoms with E-state index in [9.17, 15) is 9.90 Å².